The van der Waals surface area contributed by atoms with E-state index in [1.807, 2.05) is 42.6 Å². The molecule has 4 heteroatoms. The van der Waals surface area contributed by atoms with Crippen molar-refractivity contribution < 1.29 is 9.18 Å². The van der Waals surface area contributed by atoms with E-state index in [-0.39, 0.29) is 11.6 Å². The number of rotatable bonds is 5. The number of aromatic amines is 1. The van der Waals surface area contributed by atoms with Crippen LogP contribution in [0.5, 0.6) is 0 Å². The number of carbonyl (C=O) groups excluding carboxylic acids is 1. The van der Waals surface area contributed by atoms with Gasteiger partial charge in [-0.1, -0.05) is 36.4 Å². The fourth-order valence-electron chi connectivity index (χ4n) is 3.54. The maximum atomic E-state index is 13.0. The summed E-state index contributed by atoms with van der Waals surface area (Å²) in [5, 5.41) is 0.995. The minimum atomic E-state index is -0.206. The van der Waals surface area contributed by atoms with E-state index in [4.69, 9.17) is 0 Å². The highest BCUT2D eigenvalue weighted by Gasteiger charge is 2.16. The highest BCUT2D eigenvalue weighted by Crippen LogP contribution is 2.23. The number of benzene rings is 2. The summed E-state index contributed by atoms with van der Waals surface area (Å²) in [6.45, 7) is 2.50. The van der Waals surface area contributed by atoms with Crippen LogP contribution in [0.15, 0.2) is 60.8 Å². The molecule has 0 bridgehead atoms. The van der Waals surface area contributed by atoms with Gasteiger partial charge >= 0.3 is 0 Å². The number of nitrogens with zero attached hydrogens (tertiary/aromatic N) is 1. The van der Waals surface area contributed by atoms with Crippen LogP contribution in [-0.4, -0.2) is 35.3 Å². The highest BCUT2D eigenvalue weighted by atomic mass is 19.1. The predicted molar refractivity (Wildman–Crippen MR) is 103 cm³/mol. The Hall–Kier alpha value is -2.72. The van der Waals surface area contributed by atoms with Crippen LogP contribution in [0.2, 0.25) is 0 Å². The Bertz CT molecular complexity index is 956. The Balaban J connectivity index is 1.36. The summed E-state index contributed by atoms with van der Waals surface area (Å²) in [4.78, 5) is 18.0. The SMILES string of the molecule is O=C(CCN1CC=C(c2ccc(F)cc2)CC1)c1c[nH]c2ccccc12. The Labute approximate surface area is 152 Å². The molecule has 3 nitrogen and oxygen atoms in total. The largest absolute Gasteiger partial charge is 0.360 e. The van der Waals surface area contributed by atoms with Gasteiger partial charge in [0.1, 0.15) is 5.82 Å². The molecule has 0 saturated carbocycles. The molecule has 0 fully saturated rings. The molecule has 0 amide bonds. The van der Waals surface area contributed by atoms with Crippen LogP contribution < -0.4 is 0 Å². The number of hydrogen-bond acceptors (Lipinski definition) is 2. The van der Waals surface area contributed by atoms with E-state index in [9.17, 15) is 9.18 Å². The molecule has 0 atom stereocenters. The minimum absolute atomic E-state index is 0.177. The molecule has 1 N–H and O–H groups in total. The summed E-state index contributed by atoms with van der Waals surface area (Å²) in [7, 11) is 0. The molecule has 4 rings (SSSR count). The zero-order chi connectivity index (χ0) is 17.9. The number of aromatic nitrogens is 1. The molecule has 1 aromatic heterocycles. The van der Waals surface area contributed by atoms with E-state index in [0.29, 0.717) is 6.42 Å². The molecule has 0 aliphatic carbocycles. The second kappa shape index (κ2) is 7.26. The molecule has 0 saturated heterocycles. The van der Waals surface area contributed by atoms with Crippen molar-refractivity contribution in [1.82, 2.24) is 9.88 Å². The monoisotopic (exact) mass is 348 g/mol. The second-order valence-electron chi connectivity index (χ2n) is 6.71. The van der Waals surface area contributed by atoms with E-state index in [1.165, 1.54) is 17.7 Å². The van der Waals surface area contributed by atoms with Gasteiger partial charge in [0.25, 0.3) is 0 Å². The smallest absolute Gasteiger partial charge is 0.166 e. The summed E-state index contributed by atoms with van der Waals surface area (Å²) in [6.07, 6.45) is 5.44. The Morgan fingerprint density at radius 2 is 1.92 bits per heavy atom. The summed E-state index contributed by atoms with van der Waals surface area (Å²) < 4.78 is 13.0. The number of H-pyrrole nitrogens is 1. The third kappa shape index (κ3) is 3.46. The molecule has 1 aliphatic rings. The van der Waals surface area contributed by atoms with E-state index in [0.717, 1.165) is 48.1 Å². The zero-order valence-electron chi connectivity index (χ0n) is 14.5. The van der Waals surface area contributed by atoms with Crippen molar-refractivity contribution in [2.24, 2.45) is 0 Å². The average Bonchev–Trinajstić information content (AvgIpc) is 3.11. The van der Waals surface area contributed by atoms with Gasteiger partial charge in [-0.3, -0.25) is 9.69 Å². The van der Waals surface area contributed by atoms with Gasteiger partial charge in [-0.15, -0.1) is 0 Å². The van der Waals surface area contributed by atoms with Gasteiger partial charge in [0, 0.05) is 48.7 Å². The molecule has 2 aromatic carbocycles. The Morgan fingerprint density at radius 1 is 1.12 bits per heavy atom. The number of hydrogen-bond donors (Lipinski definition) is 1. The zero-order valence-corrected chi connectivity index (χ0v) is 14.5. The molecular weight excluding hydrogens is 327 g/mol. The lowest BCUT2D eigenvalue weighted by atomic mass is 9.99. The fraction of sp³-hybridized carbons (Fsp3) is 0.227. The van der Waals surface area contributed by atoms with Gasteiger partial charge in [-0.25, -0.2) is 4.39 Å². The van der Waals surface area contributed by atoms with Crippen molar-refractivity contribution in [1.29, 1.82) is 0 Å². The van der Waals surface area contributed by atoms with Crippen LogP contribution >= 0.6 is 0 Å². The maximum Gasteiger partial charge on any atom is 0.166 e. The Morgan fingerprint density at radius 3 is 2.69 bits per heavy atom. The van der Waals surface area contributed by atoms with Gasteiger partial charge < -0.3 is 4.98 Å². The first-order chi connectivity index (χ1) is 12.7. The third-order valence-electron chi connectivity index (χ3n) is 5.05. The van der Waals surface area contributed by atoms with Crippen LogP contribution in [0.4, 0.5) is 4.39 Å². The van der Waals surface area contributed by atoms with Crippen LogP contribution in [0.25, 0.3) is 16.5 Å². The number of fused-ring (bicyclic) bond motifs is 1. The van der Waals surface area contributed by atoms with Gasteiger partial charge in [0.15, 0.2) is 5.78 Å². The quantitative estimate of drug-likeness (QED) is 0.680. The van der Waals surface area contributed by atoms with Gasteiger partial charge in [0.2, 0.25) is 0 Å². The van der Waals surface area contributed by atoms with Crippen LogP contribution in [0.3, 0.4) is 0 Å². The normalized spacial score (nSPS) is 15.2. The summed E-state index contributed by atoms with van der Waals surface area (Å²) in [5.41, 5.74) is 4.12. The summed E-state index contributed by atoms with van der Waals surface area (Å²) >= 11 is 0. The second-order valence-corrected chi connectivity index (χ2v) is 6.71. The molecular formula is C22H21FN2O. The van der Waals surface area contributed by atoms with Gasteiger partial charge in [-0.05, 0) is 35.8 Å². The summed E-state index contributed by atoms with van der Waals surface area (Å²) in [5.74, 6) is -0.0293. The van der Waals surface area contributed by atoms with Crippen molar-refractivity contribution in [2.75, 3.05) is 19.6 Å². The first-order valence-corrected chi connectivity index (χ1v) is 8.97. The average molecular weight is 348 g/mol. The van der Waals surface area contributed by atoms with Crippen LogP contribution in [0.1, 0.15) is 28.8 Å². The maximum absolute atomic E-state index is 13.0. The fourth-order valence-corrected chi connectivity index (χ4v) is 3.54. The van der Waals surface area contributed by atoms with Crippen molar-refractivity contribution in [3.05, 3.63) is 77.7 Å². The number of nitrogens with one attached hydrogen (secondary N) is 1. The Kier molecular flexibility index (Phi) is 4.67. The van der Waals surface area contributed by atoms with Crippen molar-refractivity contribution in [3.8, 4) is 0 Å². The number of para-hydroxylation sites is 1. The van der Waals surface area contributed by atoms with E-state index < -0.39 is 0 Å². The molecule has 0 unspecified atom stereocenters. The number of ketones is 1. The van der Waals surface area contributed by atoms with Crippen LogP contribution in [-0.2, 0) is 0 Å². The van der Waals surface area contributed by atoms with E-state index in [2.05, 4.69) is 16.0 Å². The molecule has 26 heavy (non-hydrogen) atoms. The summed E-state index contributed by atoms with van der Waals surface area (Å²) in [6, 6.07) is 14.6. The van der Waals surface area contributed by atoms with Crippen molar-refractivity contribution >= 4 is 22.3 Å². The van der Waals surface area contributed by atoms with E-state index >= 15 is 0 Å². The van der Waals surface area contributed by atoms with Crippen molar-refractivity contribution in [3.63, 3.8) is 0 Å². The van der Waals surface area contributed by atoms with Crippen LogP contribution in [0, 0.1) is 5.82 Å². The van der Waals surface area contributed by atoms with Crippen molar-refractivity contribution in [2.45, 2.75) is 12.8 Å². The van der Waals surface area contributed by atoms with E-state index in [1.54, 1.807) is 0 Å². The lowest BCUT2D eigenvalue weighted by Crippen LogP contribution is -2.30. The highest BCUT2D eigenvalue weighted by molar-refractivity contribution is 6.07. The molecule has 1 aliphatic heterocycles. The first-order valence-electron chi connectivity index (χ1n) is 8.97. The third-order valence-corrected chi connectivity index (χ3v) is 5.05. The van der Waals surface area contributed by atoms with Gasteiger partial charge in [0.05, 0.1) is 0 Å². The minimum Gasteiger partial charge on any atom is -0.360 e. The van der Waals surface area contributed by atoms with Gasteiger partial charge in [-0.2, -0.15) is 0 Å². The lowest BCUT2D eigenvalue weighted by Gasteiger charge is -2.26. The molecule has 3 aromatic rings. The molecule has 132 valence electrons. The molecule has 2 heterocycles. The standard InChI is InChI=1S/C22H21FN2O/c23-18-7-5-16(6-8-18)17-9-12-25(13-10-17)14-11-22(26)20-15-24-21-4-2-1-3-19(20)21/h1-9,15,24H,10-14H2. The number of carbonyl (C=O) groups is 1. The topological polar surface area (TPSA) is 36.1 Å². The molecule has 0 spiro atoms. The number of Topliss-reactive ketones (excluding diaryl/α,β-unsaturated/α-hetero) is 1. The predicted octanol–water partition coefficient (Wildman–Crippen LogP) is 4.67. The number of halogens is 1. The molecule has 0 radical (unpaired) electrons. The lowest BCUT2D eigenvalue weighted by molar-refractivity contribution is 0.0968. The first kappa shape index (κ1) is 16.7.